The molecule has 174 valence electrons. The molecule has 0 saturated carbocycles. The predicted molar refractivity (Wildman–Crippen MR) is 145 cm³/mol. The topological polar surface area (TPSA) is 50.7 Å². The van der Waals surface area contributed by atoms with Crippen LogP contribution in [0.4, 0.5) is 0 Å². The highest BCUT2D eigenvalue weighted by Gasteiger charge is 2.23. The van der Waals surface area contributed by atoms with Gasteiger partial charge in [0.15, 0.2) is 5.78 Å². The maximum Gasteiger partial charge on any atom is 0.195 e. The Balaban J connectivity index is 1.45. The zero-order valence-corrected chi connectivity index (χ0v) is 20.0. The first kappa shape index (κ1) is 21.8. The molecule has 0 aliphatic heterocycles. The maximum absolute atomic E-state index is 14.0. The first-order valence-electron chi connectivity index (χ1n) is 12.1. The summed E-state index contributed by atoms with van der Waals surface area (Å²) in [5.41, 5.74) is 6.65. The van der Waals surface area contributed by atoms with Crippen molar-refractivity contribution in [3.63, 3.8) is 0 Å². The van der Waals surface area contributed by atoms with Gasteiger partial charge in [-0.05, 0) is 40.8 Å². The van der Waals surface area contributed by atoms with Crippen LogP contribution in [0.5, 0.6) is 0 Å². The van der Waals surface area contributed by atoms with Crippen LogP contribution in [0.15, 0.2) is 116 Å². The van der Waals surface area contributed by atoms with Crippen LogP contribution < -0.4 is 0 Å². The third-order valence-corrected chi connectivity index (χ3v) is 6.77. The van der Waals surface area contributed by atoms with Crippen molar-refractivity contribution in [2.75, 3.05) is 0 Å². The molecular formula is C32H25N3O. The molecule has 6 rings (SSSR count). The third kappa shape index (κ3) is 3.93. The number of ketones is 1. The van der Waals surface area contributed by atoms with Crippen LogP contribution in [0.2, 0.25) is 0 Å². The minimum Gasteiger partial charge on any atom is -0.331 e. The maximum atomic E-state index is 14.0. The van der Waals surface area contributed by atoms with Crippen molar-refractivity contribution in [1.82, 2.24) is 14.5 Å². The van der Waals surface area contributed by atoms with Gasteiger partial charge in [0.1, 0.15) is 5.82 Å². The lowest BCUT2D eigenvalue weighted by atomic mass is 9.92. The second-order valence-electron chi connectivity index (χ2n) is 9.03. The van der Waals surface area contributed by atoms with E-state index in [1.54, 1.807) is 12.5 Å². The van der Waals surface area contributed by atoms with Gasteiger partial charge in [-0.2, -0.15) is 0 Å². The largest absolute Gasteiger partial charge is 0.331 e. The molecule has 0 radical (unpaired) electrons. The van der Waals surface area contributed by atoms with Crippen molar-refractivity contribution in [2.45, 2.75) is 13.3 Å². The summed E-state index contributed by atoms with van der Waals surface area (Å²) in [6.07, 6.45) is 6.30. The summed E-state index contributed by atoms with van der Waals surface area (Å²) >= 11 is 0. The molecule has 0 unspecified atom stereocenters. The average Bonchev–Trinajstić information content (AvgIpc) is 3.57. The molecule has 0 atom stereocenters. The van der Waals surface area contributed by atoms with Gasteiger partial charge >= 0.3 is 0 Å². The van der Waals surface area contributed by atoms with Gasteiger partial charge in [0.05, 0.1) is 18.1 Å². The van der Waals surface area contributed by atoms with Crippen LogP contribution in [-0.4, -0.2) is 20.3 Å². The number of imidazole rings is 1. The van der Waals surface area contributed by atoms with Crippen molar-refractivity contribution in [3.05, 3.63) is 144 Å². The average molecular weight is 468 g/mol. The summed E-state index contributed by atoms with van der Waals surface area (Å²) < 4.78 is 2.01. The minimum atomic E-state index is 0.0139. The summed E-state index contributed by atoms with van der Waals surface area (Å²) in [4.78, 5) is 21.4. The normalized spacial score (nSPS) is 11.1. The summed E-state index contributed by atoms with van der Waals surface area (Å²) in [7, 11) is 0. The molecule has 0 bridgehead atoms. The van der Waals surface area contributed by atoms with Crippen LogP contribution in [0.1, 0.15) is 32.7 Å². The molecular weight excluding hydrogens is 442 g/mol. The first-order valence-corrected chi connectivity index (χ1v) is 12.1. The molecule has 1 N–H and O–H groups in total. The molecule has 2 aromatic heterocycles. The number of carbonyl (C=O) groups excluding carboxylic acids is 1. The van der Waals surface area contributed by atoms with Crippen molar-refractivity contribution in [1.29, 1.82) is 0 Å². The van der Waals surface area contributed by atoms with Crippen LogP contribution in [0, 0.1) is 6.92 Å². The minimum absolute atomic E-state index is 0.0139. The zero-order chi connectivity index (χ0) is 24.5. The molecule has 36 heavy (non-hydrogen) atoms. The van der Waals surface area contributed by atoms with E-state index in [0.29, 0.717) is 11.1 Å². The molecule has 2 heterocycles. The number of nitrogens with one attached hydrogen (secondary N) is 1. The monoisotopic (exact) mass is 467 g/mol. The Bertz CT molecular complexity index is 1660. The summed E-state index contributed by atoms with van der Waals surface area (Å²) in [6.45, 7) is 1.99. The van der Waals surface area contributed by atoms with Gasteiger partial charge < -0.3 is 9.55 Å². The molecule has 4 heteroatoms. The molecule has 0 amide bonds. The lowest BCUT2D eigenvalue weighted by molar-refractivity contribution is 0.103. The second-order valence-corrected chi connectivity index (χ2v) is 9.03. The summed E-state index contributed by atoms with van der Waals surface area (Å²) in [6, 6.07) is 32.9. The molecule has 0 spiro atoms. The van der Waals surface area contributed by atoms with Crippen molar-refractivity contribution in [2.24, 2.45) is 0 Å². The molecule has 0 saturated heterocycles. The number of aromatic nitrogens is 3. The third-order valence-electron chi connectivity index (χ3n) is 6.77. The van der Waals surface area contributed by atoms with Crippen molar-refractivity contribution in [3.8, 4) is 16.9 Å². The van der Waals surface area contributed by atoms with E-state index in [9.17, 15) is 4.79 Å². The van der Waals surface area contributed by atoms with E-state index < -0.39 is 0 Å². The fourth-order valence-electron chi connectivity index (χ4n) is 4.94. The molecule has 0 fully saturated rings. The summed E-state index contributed by atoms with van der Waals surface area (Å²) in [5.74, 6) is 0.839. The number of H-pyrrole nitrogens is 1. The highest BCUT2D eigenvalue weighted by Crippen LogP contribution is 2.36. The van der Waals surface area contributed by atoms with Gasteiger partial charge in [0, 0.05) is 23.0 Å². The molecule has 0 aliphatic rings. The SMILES string of the molecule is Cc1c(C(=O)c2ccc(Cc3ccccc3)cc2)c(-c2cccc3ccccc23)cn1-c1cnc[nH]1. The van der Waals surface area contributed by atoms with Crippen LogP contribution in [-0.2, 0) is 6.42 Å². The van der Waals surface area contributed by atoms with Gasteiger partial charge in [0.25, 0.3) is 0 Å². The van der Waals surface area contributed by atoms with Gasteiger partial charge in [-0.1, -0.05) is 97.1 Å². The summed E-state index contributed by atoms with van der Waals surface area (Å²) in [5, 5.41) is 2.26. The van der Waals surface area contributed by atoms with E-state index in [1.165, 1.54) is 11.1 Å². The Morgan fingerprint density at radius 2 is 1.53 bits per heavy atom. The Labute approximate surface area is 209 Å². The molecule has 4 aromatic carbocycles. The number of benzene rings is 4. The predicted octanol–water partition coefficient (Wildman–Crippen LogP) is 7.15. The first-order chi connectivity index (χ1) is 17.7. The zero-order valence-electron chi connectivity index (χ0n) is 20.0. The van der Waals surface area contributed by atoms with Crippen LogP contribution >= 0.6 is 0 Å². The van der Waals surface area contributed by atoms with Gasteiger partial charge in [-0.3, -0.25) is 4.79 Å². The Morgan fingerprint density at radius 3 is 2.31 bits per heavy atom. The highest BCUT2D eigenvalue weighted by atomic mass is 16.1. The number of carbonyl (C=O) groups is 1. The molecule has 0 aliphatic carbocycles. The van der Waals surface area contributed by atoms with Gasteiger partial charge in [-0.15, -0.1) is 0 Å². The smallest absolute Gasteiger partial charge is 0.195 e. The van der Waals surface area contributed by atoms with E-state index in [0.717, 1.165) is 39.8 Å². The number of aromatic amines is 1. The van der Waals surface area contributed by atoms with Crippen LogP contribution in [0.25, 0.3) is 27.7 Å². The quantitative estimate of drug-likeness (QED) is 0.264. The Hall–Kier alpha value is -4.70. The Kier molecular flexibility index (Phi) is 5.55. The number of rotatable bonds is 6. The van der Waals surface area contributed by atoms with Crippen molar-refractivity contribution < 1.29 is 4.79 Å². The van der Waals surface area contributed by atoms with E-state index in [4.69, 9.17) is 0 Å². The van der Waals surface area contributed by atoms with Crippen molar-refractivity contribution >= 4 is 16.6 Å². The second kappa shape index (κ2) is 9.16. The lowest BCUT2D eigenvalue weighted by Crippen LogP contribution is -2.06. The van der Waals surface area contributed by atoms with E-state index in [-0.39, 0.29) is 5.78 Å². The van der Waals surface area contributed by atoms with Gasteiger partial charge in [0.2, 0.25) is 0 Å². The molecule has 6 aromatic rings. The number of hydrogen-bond acceptors (Lipinski definition) is 2. The van der Waals surface area contributed by atoms with E-state index >= 15 is 0 Å². The van der Waals surface area contributed by atoms with E-state index in [1.807, 2.05) is 54.1 Å². The standard InChI is InChI=1S/C32H25N3O/c1-22-31(32(36)26-16-14-24(15-17-26)18-23-8-3-2-4-9-23)29(20-35(22)30-19-33-21-34-30)28-13-7-11-25-10-5-6-12-27(25)28/h2-17,19-21H,18H2,1H3,(H,33,34). The number of nitrogens with zero attached hydrogens (tertiary/aromatic N) is 2. The lowest BCUT2D eigenvalue weighted by Gasteiger charge is -2.10. The van der Waals surface area contributed by atoms with Gasteiger partial charge in [-0.25, -0.2) is 4.98 Å². The Morgan fingerprint density at radius 1 is 0.806 bits per heavy atom. The fraction of sp³-hybridized carbons (Fsp3) is 0.0625. The van der Waals surface area contributed by atoms with Crippen LogP contribution in [0.3, 0.4) is 0 Å². The fourth-order valence-corrected chi connectivity index (χ4v) is 4.94. The highest BCUT2D eigenvalue weighted by molar-refractivity contribution is 6.15. The number of hydrogen-bond donors (Lipinski definition) is 1. The molecule has 4 nitrogen and oxygen atoms in total. The van der Waals surface area contributed by atoms with E-state index in [2.05, 4.69) is 70.6 Å². The number of fused-ring (bicyclic) bond motifs is 1.